The molecule has 0 saturated heterocycles. The zero-order valence-corrected chi connectivity index (χ0v) is 9.04. The molecule has 0 unspecified atom stereocenters. The number of fused-ring (bicyclic) bond motifs is 1. The van der Waals surface area contributed by atoms with E-state index >= 15 is 0 Å². The molecule has 15 heavy (non-hydrogen) atoms. The van der Waals surface area contributed by atoms with Gasteiger partial charge in [-0.15, -0.1) is 0 Å². The molecule has 82 valence electrons. The Labute approximate surface area is 89.5 Å². The lowest BCUT2D eigenvalue weighted by Gasteiger charge is -2.29. The van der Waals surface area contributed by atoms with Crippen molar-refractivity contribution < 1.29 is 14.3 Å². The third-order valence-corrected chi connectivity index (χ3v) is 3.41. The Kier molecular flexibility index (Phi) is 2.63. The lowest BCUT2D eigenvalue weighted by Crippen LogP contribution is -2.41. The Morgan fingerprint density at radius 2 is 2.33 bits per heavy atom. The zero-order valence-electron chi connectivity index (χ0n) is 9.04. The molecule has 0 bridgehead atoms. The van der Waals surface area contributed by atoms with Gasteiger partial charge in [-0.3, -0.25) is 9.59 Å². The molecule has 0 N–H and O–H groups in total. The first-order valence-corrected chi connectivity index (χ1v) is 5.62. The van der Waals surface area contributed by atoms with E-state index < -0.39 is 5.41 Å². The van der Waals surface area contributed by atoms with Crippen molar-refractivity contribution in [1.82, 2.24) is 0 Å². The largest absolute Gasteiger partial charge is 0.465 e. The van der Waals surface area contributed by atoms with E-state index in [1.807, 2.05) is 0 Å². The standard InChI is InChI=1S/C12H16O3/c1-2-15-11(14)12-8-4-6-9(12)5-3-7-10(12)13/h5H,2-4,6-8H2,1H3/t12-/m1/s1. The van der Waals surface area contributed by atoms with Crippen LogP contribution >= 0.6 is 0 Å². The first-order chi connectivity index (χ1) is 7.21. The predicted octanol–water partition coefficient (Wildman–Crippen LogP) is 2.01. The normalized spacial score (nSPS) is 29.7. The van der Waals surface area contributed by atoms with Gasteiger partial charge in [0.2, 0.25) is 0 Å². The number of Topliss-reactive ketones (excluding diaryl/α,β-unsaturated/α-hetero) is 1. The molecule has 2 rings (SSSR count). The van der Waals surface area contributed by atoms with Crippen molar-refractivity contribution in [2.24, 2.45) is 5.41 Å². The van der Waals surface area contributed by atoms with Gasteiger partial charge in [0.25, 0.3) is 0 Å². The second-order valence-corrected chi connectivity index (χ2v) is 4.17. The minimum absolute atomic E-state index is 0.0657. The molecule has 0 amide bonds. The predicted molar refractivity (Wildman–Crippen MR) is 55.2 cm³/mol. The van der Waals surface area contributed by atoms with Crippen molar-refractivity contribution in [3.05, 3.63) is 11.6 Å². The molecule has 0 aromatic carbocycles. The molecule has 0 aromatic rings. The van der Waals surface area contributed by atoms with Crippen LogP contribution in [0.1, 0.15) is 39.0 Å². The Morgan fingerprint density at radius 1 is 1.53 bits per heavy atom. The van der Waals surface area contributed by atoms with Crippen molar-refractivity contribution in [1.29, 1.82) is 0 Å². The highest BCUT2D eigenvalue weighted by atomic mass is 16.5. The van der Waals surface area contributed by atoms with E-state index in [4.69, 9.17) is 4.74 Å². The summed E-state index contributed by atoms with van der Waals surface area (Å²) in [6, 6.07) is 0. The van der Waals surface area contributed by atoms with Crippen LogP contribution in [0.25, 0.3) is 0 Å². The topological polar surface area (TPSA) is 43.4 Å². The molecule has 3 heteroatoms. The van der Waals surface area contributed by atoms with E-state index in [9.17, 15) is 9.59 Å². The fourth-order valence-corrected chi connectivity index (χ4v) is 2.70. The number of rotatable bonds is 2. The van der Waals surface area contributed by atoms with Crippen molar-refractivity contribution in [2.45, 2.75) is 39.0 Å². The molecule has 0 radical (unpaired) electrons. The molecule has 0 aliphatic heterocycles. The van der Waals surface area contributed by atoms with Crippen molar-refractivity contribution >= 4 is 11.8 Å². The van der Waals surface area contributed by atoms with Gasteiger partial charge in [-0.2, -0.15) is 0 Å². The number of carbonyl (C=O) groups is 2. The average Bonchev–Trinajstić information content (AvgIpc) is 2.64. The molecule has 2 aliphatic carbocycles. The lowest BCUT2D eigenvalue weighted by molar-refractivity contribution is -0.157. The highest BCUT2D eigenvalue weighted by Crippen LogP contribution is 2.48. The molecular formula is C12H16O3. The molecule has 0 aromatic heterocycles. The molecule has 2 aliphatic rings. The highest BCUT2D eigenvalue weighted by molar-refractivity contribution is 6.08. The van der Waals surface area contributed by atoms with Crippen LogP contribution in [-0.2, 0) is 14.3 Å². The Morgan fingerprint density at radius 3 is 3.07 bits per heavy atom. The summed E-state index contributed by atoms with van der Waals surface area (Å²) in [6.07, 6.45) is 5.79. The van der Waals surface area contributed by atoms with Gasteiger partial charge in [-0.05, 0) is 38.2 Å². The maximum Gasteiger partial charge on any atom is 0.323 e. The fraction of sp³-hybridized carbons (Fsp3) is 0.667. The Hall–Kier alpha value is -1.12. The second kappa shape index (κ2) is 3.80. The molecule has 0 heterocycles. The highest BCUT2D eigenvalue weighted by Gasteiger charge is 2.52. The SMILES string of the molecule is CCOC(=O)[C@]12CCCC1=CCCC2=O. The van der Waals surface area contributed by atoms with Crippen LogP contribution in [0.4, 0.5) is 0 Å². The quantitative estimate of drug-likeness (QED) is 0.396. The number of ketones is 1. The maximum absolute atomic E-state index is 12.0. The van der Waals surface area contributed by atoms with E-state index in [0.717, 1.165) is 24.8 Å². The summed E-state index contributed by atoms with van der Waals surface area (Å²) in [6.45, 7) is 2.13. The fourth-order valence-electron chi connectivity index (χ4n) is 2.70. The summed E-state index contributed by atoms with van der Waals surface area (Å²) >= 11 is 0. The van der Waals surface area contributed by atoms with Gasteiger partial charge in [0.15, 0.2) is 5.78 Å². The molecule has 1 atom stereocenters. The monoisotopic (exact) mass is 208 g/mol. The van der Waals surface area contributed by atoms with E-state index in [1.165, 1.54) is 0 Å². The van der Waals surface area contributed by atoms with Gasteiger partial charge < -0.3 is 4.74 Å². The van der Waals surface area contributed by atoms with Crippen LogP contribution in [-0.4, -0.2) is 18.4 Å². The van der Waals surface area contributed by atoms with Gasteiger partial charge >= 0.3 is 5.97 Å². The maximum atomic E-state index is 12.0. The summed E-state index contributed by atoms with van der Waals surface area (Å²) < 4.78 is 5.06. The first-order valence-electron chi connectivity index (χ1n) is 5.62. The minimum atomic E-state index is -0.881. The van der Waals surface area contributed by atoms with E-state index in [-0.39, 0.29) is 11.8 Å². The Bertz CT molecular complexity index is 330. The zero-order chi connectivity index (χ0) is 10.9. The van der Waals surface area contributed by atoms with E-state index in [1.54, 1.807) is 6.92 Å². The van der Waals surface area contributed by atoms with Gasteiger partial charge in [0.1, 0.15) is 5.41 Å². The number of esters is 1. The summed E-state index contributed by atoms with van der Waals surface area (Å²) in [5, 5.41) is 0. The molecular weight excluding hydrogens is 192 g/mol. The number of hydrogen-bond donors (Lipinski definition) is 0. The second-order valence-electron chi connectivity index (χ2n) is 4.17. The van der Waals surface area contributed by atoms with Gasteiger partial charge in [-0.25, -0.2) is 0 Å². The van der Waals surface area contributed by atoms with Crippen molar-refractivity contribution in [3.63, 3.8) is 0 Å². The summed E-state index contributed by atoms with van der Waals surface area (Å²) in [5.74, 6) is -0.255. The van der Waals surface area contributed by atoms with E-state index in [0.29, 0.717) is 19.4 Å². The summed E-state index contributed by atoms with van der Waals surface area (Å²) in [5.41, 5.74) is 0.131. The number of carbonyl (C=O) groups excluding carboxylic acids is 2. The summed E-state index contributed by atoms with van der Waals surface area (Å²) in [4.78, 5) is 23.9. The number of ether oxygens (including phenoxy) is 1. The number of hydrogen-bond acceptors (Lipinski definition) is 3. The van der Waals surface area contributed by atoms with Crippen LogP contribution in [0.2, 0.25) is 0 Å². The summed E-state index contributed by atoms with van der Waals surface area (Å²) in [7, 11) is 0. The van der Waals surface area contributed by atoms with Crippen LogP contribution in [0.15, 0.2) is 11.6 Å². The van der Waals surface area contributed by atoms with Crippen molar-refractivity contribution in [3.8, 4) is 0 Å². The van der Waals surface area contributed by atoms with Crippen LogP contribution in [0.3, 0.4) is 0 Å². The van der Waals surface area contributed by atoms with Crippen LogP contribution in [0.5, 0.6) is 0 Å². The van der Waals surface area contributed by atoms with Crippen LogP contribution in [0, 0.1) is 5.41 Å². The third-order valence-electron chi connectivity index (χ3n) is 3.41. The third kappa shape index (κ3) is 1.41. The number of allylic oxidation sites excluding steroid dienone is 1. The average molecular weight is 208 g/mol. The molecule has 3 nitrogen and oxygen atoms in total. The smallest absolute Gasteiger partial charge is 0.323 e. The van der Waals surface area contributed by atoms with Gasteiger partial charge in [-0.1, -0.05) is 6.08 Å². The van der Waals surface area contributed by atoms with Gasteiger partial charge in [0, 0.05) is 6.42 Å². The van der Waals surface area contributed by atoms with Crippen LogP contribution < -0.4 is 0 Å². The molecule has 1 saturated carbocycles. The first kappa shape index (κ1) is 10.4. The Balaban J connectivity index is 2.36. The minimum Gasteiger partial charge on any atom is -0.465 e. The van der Waals surface area contributed by atoms with E-state index in [2.05, 4.69) is 6.08 Å². The molecule has 0 spiro atoms. The lowest BCUT2D eigenvalue weighted by atomic mass is 9.73. The molecule has 1 fully saturated rings. The van der Waals surface area contributed by atoms with Gasteiger partial charge in [0.05, 0.1) is 6.61 Å². The van der Waals surface area contributed by atoms with Crippen molar-refractivity contribution in [2.75, 3.05) is 6.61 Å².